The van der Waals surface area contributed by atoms with Crippen LogP contribution < -0.4 is 10.9 Å². The van der Waals surface area contributed by atoms with Crippen molar-refractivity contribution in [3.8, 4) is 0 Å². The van der Waals surface area contributed by atoms with Crippen molar-refractivity contribution in [2.24, 2.45) is 14.1 Å². The first-order valence-corrected chi connectivity index (χ1v) is 8.82. The molecule has 3 aromatic carbocycles. The van der Waals surface area contributed by atoms with Crippen LogP contribution in [0.3, 0.4) is 0 Å². The van der Waals surface area contributed by atoms with E-state index in [1.807, 2.05) is 0 Å². The Labute approximate surface area is 161 Å². The minimum absolute atomic E-state index is 0.0234. The van der Waals surface area contributed by atoms with Crippen molar-refractivity contribution in [2.75, 3.05) is 0 Å². The van der Waals surface area contributed by atoms with Gasteiger partial charge in [0.1, 0.15) is 5.82 Å². The molecule has 5 aromatic rings. The lowest BCUT2D eigenvalue weighted by Crippen LogP contribution is -2.14. The van der Waals surface area contributed by atoms with E-state index >= 15 is 0 Å². The van der Waals surface area contributed by atoms with E-state index in [-0.39, 0.29) is 32.6 Å². The Morgan fingerprint density at radius 1 is 0.621 bits per heavy atom. The Morgan fingerprint density at radius 3 is 1.83 bits per heavy atom. The van der Waals surface area contributed by atoms with Crippen LogP contribution in [-0.4, -0.2) is 9.13 Å². The third kappa shape index (κ3) is 2.21. The molecule has 0 aliphatic rings. The van der Waals surface area contributed by atoms with Crippen LogP contribution in [0.25, 0.3) is 43.6 Å². The maximum absolute atomic E-state index is 14.4. The summed E-state index contributed by atoms with van der Waals surface area (Å²) in [6.45, 7) is 0. The van der Waals surface area contributed by atoms with E-state index in [1.165, 1.54) is 22.8 Å². The molecule has 2 heterocycles. The van der Waals surface area contributed by atoms with Gasteiger partial charge in [0.25, 0.3) is 0 Å². The zero-order valence-electron chi connectivity index (χ0n) is 15.4. The van der Waals surface area contributed by atoms with Crippen LogP contribution in [-0.2, 0) is 14.1 Å². The lowest BCUT2D eigenvalue weighted by Gasteiger charge is -2.15. The number of fused-ring (bicyclic) bond motifs is 4. The average molecular weight is 394 g/mol. The summed E-state index contributed by atoms with van der Waals surface area (Å²) in [7, 11) is 3.22. The van der Waals surface area contributed by atoms with Crippen molar-refractivity contribution in [1.82, 2.24) is 9.13 Å². The van der Waals surface area contributed by atoms with Gasteiger partial charge in [0, 0.05) is 41.7 Å². The van der Waals surface area contributed by atoms with Crippen LogP contribution in [0, 0.1) is 17.5 Å². The van der Waals surface area contributed by atoms with Gasteiger partial charge in [0.05, 0.1) is 22.1 Å². The minimum Gasteiger partial charge on any atom is -0.343 e. The monoisotopic (exact) mass is 394 g/mol. The highest BCUT2D eigenvalue weighted by Crippen LogP contribution is 2.26. The van der Waals surface area contributed by atoms with E-state index < -0.39 is 22.9 Å². The number of hydrogen-bond acceptors (Lipinski definition) is 2. The molecule has 0 radical (unpaired) electrons. The summed E-state index contributed by atoms with van der Waals surface area (Å²) in [6, 6.07) is 9.15. The van der Waals surface area contributed by atoms with Gasteiger partial charge in [-0.05, 0) is 30.3 Å². The molecule has 29 heavy (non-hydrogen) atoms. The number of aryl methyl sites for hydroxylation is 2. The molecule has 0 atom stereocenters. The van der Waals surface area contributed by atoms with E-state index in [1.54, 1.807) is 30.8 Å². The molecule has 0 aliphatic heterocycles. The van der Waals surface area contributed by atoms with Crippen LogP contribution in [0.2, 0.25) is 0 Å². The van der Waals surface area contributed by atoms with Gasteiger partial charge in [0.15, 0.2) is 22.5 Å². The van der Waals surface area contributed by atoms with Crippen molar-refractivity contribution in [3.63, 3.8) is 0 Å². The number of pyridine rings is 2. The highest BCUT2D eigenvalue weighted by Gasteiger charge is 2.17. The molecule has 0 saturated heterocycles. The molecule has 144 valence electrons. The maximum atomic E-state index is 14.4. The zero-order chi connectivity index (χ0) is 20.6. The summed E-state index contributed by atoms with van der Waals surface area (Å²) in [5, 5.41) is 0.771. The fraction of sp³-hybridized carbons (Fsp3) is 0.0909. The number of nitrogens with zero attached hydrogens (tertiary/aromatic N) is 2. The number of benzene rings is 3. The van der Waals surface area contributed by atoms with Crippen LogP contribution in [0.4, 0.5) is 13.2 Å². The summed E-state index contributed by atoms with van der Waals surface area (Å²) >= 11 is 0. The van der Waals surface area contributed by atoms with Crippen LogP contribution in [0.15, 0.2) is 52.1 Å². The molecule has 0 amide bonds. The molecule has 0 saturated carbocycles. The second kappa shape index (κ2) is 5.70. The van der Waals surface area contributed by atoms with Crippen molar-refractivity contribution in [3.05, 3.63) is 80.4 Å². The van der Waals surface area contributed by atoms with E-state index in [9.17, 15) is 22.8 Å². The quantitative estimate of drug-likeness (QED) is 0.371. The molecule has 0 spiro atoms. The number of hydrogen-bond donors (Lipinski definition) is 0. The highest BCUT2D eigenvalue weighted by molar-refractivity contribution is 6.03. The van der Waals surface area contributed by atoms with E-state index in [0.717, 1.165) is 12.1 Å². The Bertz CT molecular complexity index is 1650. The summed E-state index contributed by atoms with van der Waals surface area (Å²) < 4.78 is 45.0. The molecule has 7 heteroatoms. The summed E-state index contributed by atoms with van der Waals surface area (Å²) in [4.78, 5) is 26.0. The Hall–Kier alpha value is -3.61. The van der Waals surface area contributed by atoms with Crippen molar-refractivity contribution in [1.29, 1.82) is 0 Å². The highest BCUT2D eigenvalue weighted by atomic mass is 19.2. The standard InChI is InChI=1S/C22H13F3N2O2/c1-26-17-7-13-18(27(2)20-10(21(13)28)4-3-5-14(20)23)8-12(17)22(29)11-6-15(24)16(25)9-19(11)26/h3-9H,1-2H3. The maximum Gasteiger partial charge on any atom is 0.197 e. The summed E-state index contributed by atoms with van der Waals surface area (Å²) in [5.74, 6) is -2.73. The molecule has 0 aliphatic carbocycles. The number of rotatable bonds is 0. The summed E-state index contributed by atoms with van der Waals surface area (Å²) in [6.07, 6.45) is 0. The number of para-hydroxylation sites is 1. The van der Waals surface area contributed by atoms with Crippen molar-refractivity contribution < 1.29 is 13.2 Å². The predicted molar refractivity (Wildman–Crippen MR) is 107 cm³/mol. The lowest BCUT2D eigenvalue weighted by molar-refractivity contribution is 0.510. The molecule has 5 rings (SSSR count). The van der Waals surface area contributed by atoms with E-state index in [4.69, 9.17) is 0 Å². The SMILES string of the molecule is Cn1c2cc(F)c(F)cc2c(=O)c2cc3c(cc21)c(=O)c1cccc(F)c1n3C. The average Bonchev–Trinajstić information content (AvgIpc) is 2.70. The first-order valence-electron chi connectivity index (χ1n) is 8.82. The first kappa shape index (κ1) is 17.5. The largest absolute Gasteiger partial charge is 0.343 e. The van der Waals surface area contributed by atoms with Gasteiger partial charge in [0.2, 0.25) is 0 Å². The van der Waals surface area contributed by atoms with Crippen molar-refractivity contribution >= 4 is 43.6 Å². The Balaban J connectivity index is 2.09. The van der Waals surface area contributed by atoms with Gasteiger partial charge in [-0.25, -0.2) is 13.2 Å². The third-order valence-corrected chi connectivity index (χ3v) is 5.54. The number of aromatic nitrogens is 2. The molecular formula is C22H13F3N2O2. The normalized spacial score (nSPS) is 11.9. The zero-order valence-corrected chi connectivity index (χ0v) is 15.4. The fourth-order valence-electron chi connectivity index (χ4n) is 4.07. The lowest BCUT2D eigenvalue weighted by atomic mass is 10.0. The summed E-state index contributed by atoms with van der Waals surface area (Å²) in [5.41, 5.74) is 0.259. The predicted octanol–water partition coefficient (Wildman–Crippen LogP) is 4.11. The minimum atomic E-state index is -1.12. The molecule has 4 nitrogen and oxygen atoms in total. The van der Waals surface area contributed by atoms with E-state index in [0.29, 0.717) is 16.4 Å². The smallest absolute Gasteiger partial charge is 0.197 e. The molecular weight excluding hydrogens is 381 g/mol. The molecule has 0 unspecified atom stereocenters. The van der Waals surface area contributed by atoms with Crippen LogP contribution in [0.1, 0.15) is 0 Å². The molecule has 0 N–H and O–H groups in total. The third-order valence-electron chi connectivity index (χ3n) is 5.54. The van der Waals surface area contributed by atoms with Crippen molar-refractivity contribution in [2.45, 2.75) is 0 Å². The van der Waals surface area contributed by atoms with E-state index in [2.05, 4.69) is 0 Å². The van der Waals surface area contributed by atoms with Gasteiger partial charge in [-0.3, -0.25) is 9.59 Å². The second-order valence-electron chi connectivity index (χ2n) is 7.08. The Morgan fingerprint density at radius 2 is 1.14 bits per heavy atom. The van der Waals surface area contributed by atoms with Gasteiger partial charge >= 0.3 is 0 Å². The van der Waals surface area contributed by atoms with Gasteiger partial charge in [-0.1, -0.05) is 6.07 Å². The topological polar surface area (TPSA) is 44.0 Å². The molecule has 0 fully saturated rings. The van der Waals surface area contributed by atoms with Gasteiger partial charge < -0.3 is 9.13 Å². The second-order valence-corrected chi connectivity index (χ2v) is 7.08. The fourth-order valence-corrected chi connectivity index (χ4v) is 4.07. The van der Waals surface area contributed by atoms with Crippen LogP contribution in [0.5, 0.6) is 0 Å². The van der Waals surface area contributed by atoms with Gasteiger partial charge in [-0.15, -0.1) is 0 Å². The molecule has 0 bridgehead atoms. The van der Waals surface area contributed by atoms with Crippen LogP contribution >= 0.6 is 0 Å². The Kier molecular flexibility index (Phi) is 3.44. The van der Waals surface area contributed by atoms with Gasteiger partial charge in [-0.2, -0.15) is 0 Å². The first-order chi connectivity index (χ1) is 13.8. The molecule has 2 aromatic heterocycles. The number of halogens is 3.